The second-order valence-corrected chi connectivity index (χ2v) is 5.46. The van der Waals surface area contributed by atoms with Crippen molar-refractivity contribution in [1.29, 1.82) is 0 Å². The van der Waals surface area contributed by atoms with Crippen LogP contribution in [0, 0.1) is 0 Å². The highest BCUT2D eigenvalue weighted by Crippen LogP contribution is 2.16. The van der Waals surface area contributed by atoms with Gasteiger partial charge in [0.1, 0.15) is 0 Å². The van der Waals surface area contributed by atoms with Gasteiger partial charge in [-0.3, -0.25) is 0 Å². The lowest BCUT2D eigenvalue weighted by Crippen LogP contribution is -2.50. The van der Waals surface area contributed by atoms with Gasteiger partial charge in [-0.2, -0.15) is 0 Å². The number of hydrogen-bond acceptors (Lipinski definition) is 2. The smallest absolute Gasteiger partial charge is 0.315 e. The zero-order valence-electron chi connectivity index (χ0n) is 9.97. The van der Waals surface area contributed by atoms with Crippen LogP contribution in [0.1, 0.15) is 46.5 Å². The molecule has 4 nitrogen and oxygen atoms in total. The van der Waals surface area contributed by atoms with Crippen LogP contribution in [0.2, 0.25) is 0 Å². The molecule has 1 rings (SSSR count). The molecular formula is C11H23N3O. The molecule has 0 unspecified atom stereocenters. The lowest BCUT2D eigenvalue weighted by Gasteiger charge is -2.28. The van der Waals surface area contributed by atoms with E-state index in [1.807, 2.05) is 20.8 Å². The number of hydrogen-bond donors (Lipinski definition) is 3. The van der Waals surface area contributed by atoms with Crippen LogP contribution in [0.25, 0.3) is 0 Å². The summed E-state index contributed by atoms with van der Waals surface area (Å²) in [5.41, 5.74) is 5.63. The Kier molecular flexibility index (Phi) is 3.97. The fraction of sp³-hybridized carbons (Fsp3) is 0.909. The van der Waals surface area contributed by atoms with E-state index in [-0.39, 0.29) is 11.6 Å². The van der Waals surface area contributed by atoms with Gasteiger partial charge < -0.3 is 16.4 Å². The summed E-state index contributed by atoms with van der Waals surface area (Å²) in [6, 6.07) is 0.559. The van der Waals surface area contributed by atoms with E-state index in [0.717, 1.165) is 25.7 Å². The SMILES string of the molecule is CC(C)(C)NC(=O)NC1CCC(N)CC1. The largest absolute Gasteiger partial charge is 0.335 e. The van der Waals surface area contributed by atoms with Gasteiger partial charge in [0.2, 0.25) is 0 Å². The van der Waals surface area contributed by atoms with Gasteiger partial charge in [0.05, 0.1) is 0 Å². The second kappa shape index (κ2) is 4.84. The lowest BCUT2D eigenvalue weighted by atomic mass is 9.92. The van der Waals surface area contributed by atoms with Crippen LogP contribution in [-0.4, -0.2) is 23.7 Å². The Labute approximate surface area is 92.0 Å². The molecule has 4 N–H and O–H groups in total. The van der Waals surface area contributed by atoms with E-state index in [4.69, 9.17) is 5.73 Å². The molecule has 0 aromatic carbocycles. The van der Waals surface area contributed by atoms with Gasteiger partial charge in [0.15, 0.2) is 0 Å². The van der Waals surface area contributed by atoms with Crippen molar-refractivity contribution in [3.8, 4) is 0 Å². The lowest BCUT2D eigenvalue weighted by molar-refractivity contribution is 0.222. The van der Waals surface area contributed by atoms with Crippen LogP contribution in [0.5, 0.6) is 0 Å². The van der Waals surface area contributed by atoms with Gasteiger partial charge in [-0.1, -0.05) is 0 Å². The number of nitrogens with one attached hydrogen (secondary N) is 2. The van der Waals surface area contributed by atoms with E-state index >= 15 is 0 Å². The molecule has 1 aliphatic carbocycles. The Morgan fingerprint density at radius 1 is 1.20 bits per heavy atom. The van der Waals surface area contributed by atoms with E-state index in [2.05, 4.69) is 10.6 Å². The highest BCUT2D eigenvalue weighted by atomic mass is 16.2. The van der Waals surface area contributed by atoms with Gasteiger partial charge in [-0.15, -0.1) is 0 Å². The molecule has 1 aliphatic rings. The molecule has 0 saturated heterocycles. The fourth-order valence-electron chi connectivity index (χ4n) is 1.83. The molecule has 4 heteroatoms. The molecule has 15 heavy (non-hydrogen) atoms. The van der Waals surface area contributed by atoms with Crippen molar-refractivity contribution in [2.45, 2.75) is 64.1 Å². The minimum absolute atomic E-state index is 0.0667. The van der Waals surface area contributed by atoms with Gasteiger partial charge in [-0.25, -0.2) is 4.79 Å². The van der Waals surface area contributed by atoms with Gasteiger partial charge in [0, 0.05) is 17.6 Å². The third kappa shape index (κ3) is 5.02. The summed E-state index contributed by atoms with van der Waals surface area (Å²) in [7, 11) is 0. The van der Waals surface area contributed by atoms with Crippen LogP contribution >= 0.6 is 0 Å². The summed E-state index contributed by atoms with van der Waals surface area (Å²) in [5, 5.41) is 5.89. The first-order valence-corrected chi connectivity index (χ1v) is 5.71. The third-order valence-corrected chi connectivity index (χ3v) is 2.60. The quantitative estimate of drug-likeness (QED) is 0.615. The zero-order valence-corrected chi connectivity index (χ0v) is 9.97. The number of nitrogens with two attached hydrogens (primary N) is 1. The molecule has 1 saturated carbocycles. The van der Waals surface area contributed by atoms with Crippen molar-refractivity contribution < 1.29 is 4.79 Å². The summed E-state index contributed by atoms with van der Waals surface area (Å²) in [6.45, 7) is 5.93. The summed E-state index contributed by atoms with van der Waals surface area (Å²) in [4.78, 5) is 11.6. The van der Waals surface area contributed by atoms with Crippen molar-refractivity contribution in [3.63, 3.8) is 0 Å². The fourth-order valence-corrected chi connectivity index (χ4v) is 1.83. The third-order valence-electron chi connectivity index (χ3n) is 2.60. The van der Waals surface area contributed by atoms with Crippen LogP contribution in [0.15, 0.2) is 0 Å². The maximum atomic E-state index is 11.6. The molecule has 2 amide bonds. The first-order chi connectivity index (χ1) is 6.87. The van der Waals surface area contributed by atoms with Crippen molar-refractivity contribution in [2.75, 3.05) is 0 Å². The molecule has 0 aromatic rings. The van der Waals surface area contributed by atoms with Gasteiger partial charge in [-0.05, 0) is 46.5 Å². The van der Waals surface area contributed by atoms with Gasteiger partial charge in [0.25, 0.3) is 0 Å². The van der Waals surface area contributed by atoms with Crippen LogP contribution in [0.3, 0.4) is 0 Å². The predicted octanol–water partition coefficient (Wildman–Crippen LogP) is 1.35. The van der Waals surface area contributed by atoms with E-state index in [9.17, 15) is 4.79 Å². The average molecular weight is 213 g/mol. The second-order valence-electron chi connectivity index (χ2n) is 5.46. The van der Waals surface area contributed by atoms with Crippen LogP contribution < -0.4 is 16.4 Å². The Hall–Kier alpha value is -0.770. The minimum Gasteiger partial charge on any atom is -0.335 e. The van der Waals surface area contributed by atoms with E-state index in [0.29, 0.717) is 12.1 Å². The highest BCUT2D eigenvalue weighted by Gasteiger charge is 2.21. The topological polar surface area (TPSA) is 67.2 Å². The number of carbonyl (C=O) groups is 1. The monoisotopic (exact) mass is 213 g/mol. The molecule has 0 bridgehead atoms. The van der Waals surface area contributed by atoms with Gasteiger partial charge >= 0.3 is 6.03 Å². The van der Waals surface area contributed by atoms with Crippen molar-refractivity contribution in [1.82, 2.24) is 10.6 Å². The first kappa shape index (κ1) is 12.3. The summed E-state index contributed by atoms with van der Waals surface area (Å²) in [5.74, 6) is 0. The normalized spacial score (nSPS) is 27.2. The Balaban J connectivity index is 2.27. The van der Waals surface area contributed by atoms with Crippen LogP contribution in [0.4, 0.5) is 4.79 Å². The number of rotatable bonds is 1. The molecular weight excluding hydrogens is 190 g/mol. The molecule has 0 spiro atoms. The predicted molar refractivity (Wildman–Crippen MR) is 61.7 cm³/mol. The maximum absolute atomic E-state index is 11.6. The molecule has 1 fully saturated rings. The number of urea groups is 1. The highest BCUT2D eigenvalue weighted by molar-refractivity contribution is 5.74. The average Bonchev–Trinajstić information content (AvgIpc) is 2.05. The summed E-state index contributed by atoms with van der Waals surface area (Å²) in [6.07, 6.45) is 4.03. The van der Waals surface area contributed by atoms with Crippen molar-refractivity contribution >= 4 is 6.03 Å². The Bertz CT molecular complexity index is 214. The standard InChI is InChI=1S/C11H23N3O/c1-11(2,3)14-10(15)13-9-6-4-8(12)5-7-9/h8-9H,4-7,12H2,1-3H3,(H2,13,14,15). The Morgan fingerprint density at radius 2 is 1.73 bits per heavy atom. The van der Waals surface area contributed by atoms with E-state index in [1.54, 1.807) is 0 Å². The van der Waals surface area contributed by atoms with Crippen LogP contribution in [-0.2, 0) is 0 Å². The number of carbonyl (C=O) groups excluding carboxylic acids is 1. The first-order valence-electron chi connectivity index (χ1n) is 5.71. The molecule has 0 aromatic heterocycles. The Morgan fingerprint density at radius 3 is 2.20 bits per heavy atom. The maximum Gasteiger partial charge on any atom is 0.315 e. The number of amides is 2. The molecule has 0 radical (unpaired) electrons. The van der Waals surface area contributed by atoms with Crippen molar-refractivity contribution in [2.24, 2.45) is 5.73 Å². The van der Waals surface area contributed by atoms with E-state index in [1.165, 1.54) is 0 Å². The summed E-state index contributed by atoms with van der Waals surface area (Å²) >= 11 is 0. The minimum atomic E-state index is -0.171. The molecule has 0 atom stereocenters. The van der Waals surface area contributed by atoms with Crippen molar-refractivity contribution in [3.05, 3.63) is 0 Å². The molecule has 0 heterocycles. The zero-order chi connectivity index (χ0) is 11.5. The molecule has 0 aliphatic heterocycles. The molecule has 88 valence electrons. The summed E-state index contributed by atoms with van der Waals surface area (Å²) < 4.78 is 0. The van der Waals surface area contributed by atoms with E-state index < -0.39 is 0 Å².